The van der Waals surface area contributed by atoms with Crippen molar-refractivity contribution in [1.29, 1.82) is 0 Å². The Hall–Kier alpha value is -3.42. The lowest BCUT2D eigenvalue weighted by atomic mass is 9.96. The summed E-state index contributed by atoms with van der Waals surface area (Å²) in [7, 11) is 1.60. The first-order valence-electron chi connectivity index (χ1n) is 13.1. The molecule has 0 aromatic heterocycles. The third kappa shape index (κ3) is 9.86. The Morgan fingerprint density at radius 2 is 1.70 bits per heavy atom. The van der Waals surface area contributed by atoms with Gasteiger partial charge in [0.2, 0.25) is 0 Å². The Labute approximate surface area is 220 Å². The summed E-state index contributed by atoms with van der Waals surface area (Å²) in [5.74, 6) is 1.24. The average Bonchev–Trinajstić information content (AvgIpc) is 2.87. The van der Waals surface area contributed by atoms with Gasteiger partial charge >= 0.3 is 12.1 Å². The summed E-state index contributed by atoms with van der Waals surface area (Å²) >= 11 is 0. The number of nitrogens with one attached hydrogen (secondary N) is 2. The van der Waals surface area contributed by atoms with Gasteiger partial charge in [-0.25, -0.2) is 9.59 Å². The van der Waals surface area contributed by atoms with Crippen molar-refractivity contribution in [3.63, 3.8) is 0 Å². The molecule has 8 heteroatoms. The number of amides is 3. The predicted octanol–water partition coefficient (Wildman–Crippen LogP) is 5.64. The minimum Gasteiger partial charge on any atom is -0.493 e. The highest BCUT2D eigenvalue weighted by Crippen LogP contribution is 2.29. The largest absolute Gasteiger partial charge is 0.493 e. The number of urea groups is 1. The molecule has 1 saturated carbocycles. The fraction of sp³-hybridized carbons (Fsp3) is 0.517. The third-order valence-electron chi connectivity index (χ3n) is 6.11. The average molecular weight is 512 g/mol. The van der Waals surface area contributed by atoms with Gasteiger partial charge in [0.15, 0.2) is 11.5 Å². The molecule has 2 aromatic carbocycles. The maximum atomic E-state index is 13.2. The number of hydrogen-bond acceptors (Lipinski definition) is 5. The summed E-state index contributed by atoms with van der Waals surface area (Å²) in [4.78, 5) is 27.0. The zero-order valence-electron chi connectivity index (χ0n) is 22.5. The number of nitrogens with zero attached hydrogens (tertiary/aromatic N) is 1. The van der Waals surface area contributed by atoms with E-state index in [-0.39, 0.29) is 18.6 Å². The van der Waals surface area contributed by atoms with Gasteiger partial charge in [0.25, 0.3) is 0 Å². The van der Waals surface area contributed by atoms with Crippen molar-refractivity contribution in [3.8, 4) is 11.5 Å². The monoisotopic (exact) mass is 511 g/mol. The molecule has 2 aromatic rings. The minimum atomic E-state index is -0.580. The second kappa shape index (κ2) is 13.8. The quantitative estimate of drug-likeness (QED) is 0.431. The van der Waals surface area contributed by atoms with Crippen LogP contribution in [-0.4, -0.2) is 48.9 Å². The van der Waals surface area contributed by atoms with Crippen LogP contribution in [0.4, 0.5) is 9.59 Å². The van der Waals surface area contributed by atoms with Crippen molar-refractivity contribution in [1.82, 2.24) is 15.5 Å². The van der Waals surface area contributed by atoms with Crippen LogP contribution in [0.2, 0.25) is 0 Å². The minimum absolute atomic E-state index is 0.138. The summed E-state index contributed by atoms with van der Waals surface area (Å²) in [6.07, 6.45) is 4.98. The van der Waals surface area contributed by atoms with Crippen molar-refractivity contribution < 1.29 is 23.8 Å². The van der Waals surface area contributed by atoms with Crippen LogP contribution in [0.5, 0.6) is 11.5 Å². The Balaban J connectivity index is 1.65. The molecule has 0 radical (unpaired) electrons. The van der Waals surface area contributed by atoms with Crippen molar-refractivity contribution in [2.24, 2.45) is 0 Å². The molecule has 3 rings (SSSR count). The third-order valence-corrected chi connectivity index (χ3v) is 6.11. The molecule has 0 atom stereocenters. The van der Waals surface area contributed by atoms with Crippen LogP contribution in [0.3, 0.4) is 0 Å². The molecule has 0 unspecified atom stereocenters. The molecule has 0 saturated heterocycles. The van der Waals surface area contributed by atoms with Gasteiger partial charge in [-0.2, -0.15) is 0 Å². The van der Waals surface area contributed by atoms with Crippen LogP contribution < -0.4 is 20.1 Å². The van der Waals surface area contributed by atoms with E-state index in [0.29, 0.717) is 31.2 Å². The van der Waals surface area contributed by atoms with Gasteiger partial charge < -0.3 is 29.7 Å². The molecule has 0 bridgehead atoms. The van der Waals surface area contributed by atoms with Gasteiger partial charge in [-0.1, -0.05) is 55.7 Å². The molecule has 37 heavy (non-hydrogen) atoms. The number of alkyl carbamates (subject to hydrolysis) is 1. The molecular weight excluding hydrogens is 470 g/mol. The maximum absolute atomic E-state index is 13.2. The number of carbonyl (C=O) groups excluding carboxylic acids is 2. The molecular formula is C29H41N3O5. The van der Waals surface area contributed by atoms with Crippen LogP contribution in [-0.2, 0) is 17.9 Å². The van der Waals surface area contributed by atoms with Gasteiger partial charge in [0.1, 0.15) is 12.2 Å². The molecule has 1 fully saturated rings. The van der Waals surface area contributed by atoms with E-state index in [0.717, 1.165) is 36.8 Å². The SMILES string of the molecule is COc1cc(CN(CCNC(=O)OC(C)(C)C)C(=O)NC2CCCCC2)ccc1OCc1ccccc1. The summed E-state index contributed by atoms with van der Waals surface area (Å²) in [5.41, 5.74) is 1.39. The second-order valence-electron chi connectivity index (χ2n) is 10.4. The summed E-state index contributed by atoms with van der Waals surface area (Å²) in [5, 5.41) is 5.93. The van der Waals surface area contributed by atoms with Gasteiger partial charge in [0.05, 0.1) is 7.11 Å². The standard InChI is InChI=1S/C29H41N3O5/c1-29(2,3)37-28(34)30-17-18-32(27(33)31-24-13-9-6-10-14-24)20-23-15-16-25(26(19-23)35-4)36-21-22-11-7-5-8-12-22/h5,7-8,11-12,15-16,19,24H,6,9-10,13-14,17-18,20-21H2,1-4H3,(H,30,34)(H,31,33). The lowest BCUT2D eigenvalue weighted by molar-refractivity contribution is 0.0522. The highest BCUT2D eigenvalue weighted by atomic mass is 16.6. The van der Waals surface area contributed by atoms with Crippen LogP contribution >= 0.6 is 0 Å². The van der Waals surface area contributed by atoms with Crippen LogP contribution in [0, 0.1) is 0 Å². The fourth-order valence-corrected chi connectivity index (χ4v) is 4.26. The Morgan fingerprint density at radius 3 is 2.38 bits per heavy atom. The molecule has 0 heterocycles. The van der Waals surface area contributed by atoms with Crippen molar-refractivity contribution >= 4 is 12.1 Å². The van der Waals surface area contributed by atoms with E-state index in [1.807, 2.05) is 69.3 Å². The molecule has 0 spiro atoms. The van der Waals surface area contributed by atoms with Crippen LogP contribution in [0.25, 0.3) is 0 Å². The normalized spacial score (nSPS) is 13.9. The summed E-state index contributed by atoms with van der Waals surface area (Å²) in [6.45, 7) is 6.87. The highest BCUT2D eigenvalue weighted by Gasteiger charge is 2.22. The molecule has 1 aliphatic rings. The number of ether oxygens (including phenoxy) is 3. The topological polar surface area (TPSA) is 89.1 Å². The van der Waals surface area contributed by atoms with Gasteiger partial charge in [-0.15, -0.1) is 0 Å². The Kier molecular flexibility index (Phi) is 10.5. The number of rotatable bonds is 10. The first-order valence-corrected chi connectivity index (χ1v) is 13.1. The first-order chi connectivity index (χ1) is 17.7. The lowest BCUT2D eigenvalue weighted by Gasteiger charge is -2.29. The number of carbonyl (C=O) groups is 2. The summed E-state index contributed by atoms with van der Waals surface area (Å²) in [6, 6.07) is 15.7. The Morgan fingerprint density at radius 1 is 0.973 bits per heavy atom. The predicted molar refractivity (Wildman–Crippen MR) is 144 cm³/mol. The number of hydrogen-bond donors (Lipinski definition) is 2. The van der Waals surface area contributed by atoms with E-state index in [1.54, 1.807) is 12.0 Å². The van der Waals surface area contributed by atoms with E-state index in [1.165, 1.54) is 6.42 Å². The Bertz CT molecular complexity index is 1000. The molecule has 8 nitrogen and oxygen atoms in total. The van der Waals surface area contributed by atoms with Crippen molar-refractivity contribution in [2.45, 2.75) is 77.7 Å². The van der Waals surface area contributed by atoms with Crippen LogP contribution in [0.15, 0.2) is 48.5 Å². The van der Waals surface area contributed by atoms with E-state index in [9.17, 15) is 9.59 Å². The highest BCUT2D eigenvalue weighted by molar-refractivity contribution is 5.75. The van der Waals surface area contributed by atoms with Gasteiger partial charge in [0, 0.05) is 25.7 Å². The molecule has 3 amide bonds. The fourth-order valence-electron chi connectivity index (χ4n) is 4.26. The van der Waals surface area contributed by atoms with E-state index < -0.39 is 11.7 Å². The number of methoxy groups -OCH3 is 1. The van der Waals surface area contributed by atoms with E-state index in [2.05, 4.69) is 10.6 Å². The van der Waals surface area contributed by atoms with Gasteiger partial charge in [-0.05, 0) is 56.9 Å². The molecule has 1 aliphatic carbocycles. The van der Waals surface area contributed by atoms with Crippen LogP contribution in [0.1, 0.15) is 64.0 Å². The molecule has 0 aliphatic heterocycles. The van der Waals surface area contributed by atoms with E-state index >= 15 is 0 Å². The first kappa shape index (κ1) is 28.2. The molecule has 202 valence electrons. The van der Waals surface area contributed by atoms with Gasteiger partial charge in [-0.3, -0.25) is 0 Å². The molecule has 2 N–H and O–H groups in total. The van der Waals surface area contributed by atoms with Crippen molar-refractivity contribution in [3.05, 3.63) is 59.7 Å². The second-order valence-corrected chi connectivity index (χ2v) is 10.4. The number of benzene rings is 2. The zero-order chi connectivity index (χ0) is 26.7. The maximum Gasteiger partial charge on any atom is 0.407 e. The van der Waals surface area contributed by atoms with E-state index in [4.69, 9.17) is 14.2 Å². The smallest absolute Gasteiger partial charge is 0.407 e. The zero-order valence-corrected chi connectivity index (χ0v) is 22.5. The lowest BCUT2D eigenvalue weighted by Crippen LogP contribution is -2.47. The summed E-state index contributed by atoms with van der Waals surface area (Å²) < 4.78 is 16.9. The van der Waals surface area contributed by atoms with Crippen molar-refractivity contribution in [2.75, 3.05) is 20.2 Å².